The third-order valence-electron chi connectivity index (χ3n) is 5.02. The molecule has 138 valence electrons. The van der Waals surface area contributed by atoms with Crippen LogP contribution in [0.5, 0.6) is 0 Å². The average Bonchev–Trinajstić information content (AvgIpc) is 2.74. The van der Waals surface area contributed by atoms with Crippen LogP contribution in [0.4, 0.5) is 17.1 Å². The van der Waals surface area contributed by atoms with Crippen LogP contribution in [0.2, 0.25) is 0 Å². The molecule has 1 N–H and O–H groups in total. The van der Waals surface area contributed by atoms with E-state index in [9.17, 15) is 4.79 Å². The summed E-state index contributed by atoms with van der Waals surface area (Å²) in [5, 5.41) is 5.72. The van der Waals surface area contributed by atoms with Gasteiger partial charge in [-0.15, -0.1) is 0 Å². The van der Waals surface area contributed by atoms with Gasteiger partial charge in [-0.3, -0.25) is 4.79 Å². The Labute approximate surface area is 162 Å². The predicted octanol–water partition coefficient (Wildman–Crippen LogP) is 4.49. The Morgan fingerprint density at radius 1 is 0.857 bits per heavy atom. The van der Waals surface area contributed by atoms with Gasteiger partial charge in [0.25, 0.3) is 5.91 Å². The molecule has 5 rings (SSSR count). The Morgan fingerprint density at radius 3 is 2.14 bits per heavy atom. The van der Waals surface area contributed by atoms with Crippen LogP contribution in [0.3, 0.4) is 0 Å². The number of para-hydroxylation sites is 2. The SMILES string of the molecule is O=C1COCCN1c1ccc(Nc2c3ccccc3nc3ccccc23)cc1. The fraction of sp³-hybridized carbons (Fsp3) is 0.130. The summed E-state index contributed by atoms with van der Waals surface area (Å²) in [5.41, 5.74) is 4.81. The van der Waals surface area contributed by atoms with Crippen LogP contribution >= 0.6 is 0 Å². The highest BCUT2D eigenvalue weighted by Gasteiger charge is 2.20. The van der Waals surface area contributed by atoms with Gasteiger partial charge in [0.15, 0.2) is 0 Å². The van der Waals surface area contributed by atoms with Crippen molar-refractivity contribution in [3.8, 4) is 0 Å². The summed E-state index contributed by atoms with van der Waals surface area (Å²) in [6.45, 7) is 1.31. The van der Waals surface area contributed by atoms with Crippen LogP contribution in [-0.2, 0) is 9.53 Å². The molecule has 1 saturated heterocycles. The van der Waals surface area contributed by atoms with Crippen LogP contribution in [0.25, 0.3) is 21.8 Å². The predicted molar refractivity (Wildman–Crippen MR) is 112 cm³/mol. The molecule has 1 fully saturated rings. The summed E-state index contributed by atoms with van der Waals surface area (Å²) < 4.78 is 5.21. The Kier molecular flexibility index (Phi) is 4.14. The molecule has 0 unspecified atom stereocenters. The van der Waals surface area contributed by atoms with Crippen molar-refractivity contribution in [1.82, 2.24) is 4.98 Å². The number of anilines is 3. The standard InChI is InChI=1S/C23H19N3O2/c27-22-15-28-14-13-26(22)17-11-9-16(10-12-17)24-23-18-5-1-3-7-20(18)25-21-8-4-2-6-19(21)23/h1-12H,13-15H2,(H,24,25). The summed E-state index contributed by atoms with van der Waals surface area (Å²) in [7, 11) is 0. The number of hydrogen-bond donors (Lipinski definition) is 1. The van der Waals surface area contributed by atoms with Crippen molar-refractivity contribution in [2.24, 2.45) is 0 Å². The number of aromatic nitrogens is 1. The minimum atomic E-state index is -0.00178. The highest BCUT2D eigenvalue weighted by atomic mass is 16.5. The van der Waals surface area contributed by atoms with Crippen LogP contribution in [0, 0.1) is 0 Å². The number of nitrogens with one attached hydrogen (secondary N) is 1. The molecule has 0 bridgehead atoms. The number of rotatable bonds is 3. The molecule has 28 heavy (non-hydrogen) atoms. The maximum absolute atomic E-state index is 12.0. The molecular weight excluding hydrogens is 350 g/mol. The normalized spacial score (nSPS) is 14.6. The largest absolute Gasteiger partial charge is 0.370 e. The fourth-order valence-corrected chi connectivity index (χ4v) is 3.63. The molecule has 1 aromatic heterocycles. The van der Waals surface area contributed by atoms with Gasteiger partial charge < -0.3 is 15.0 Å². The van der Waals surface area contributed by atoms with Crippen LogP contribution in [-0.4, -0.2) is 30.6 Å². The first-order valence-electron chi connectivity index (χ1n) is 9.32. The second-order valence-corrected chi connectivity index (χ2v) is 6.79. The third kappa shape index (κ3) is 2.96. The van der Waals surface area contributed by atoms with Crippen LogP contribution < -0.4 is 10.2 Å². The molecule has 5 nitrogen and oxygen atoms in total. The van der Waals surface area contributed by atoms with Gasteiger partial charge in [0, 0.05) is 28.7 Å². The van der Waals surface area contributed by atoms with Gasteiger partial charge in [0.2, 0.25) is 0 Å². The molecule has 2 heterocycles. The lowest BCUT2D eigenvalue weighted by Crippen LogP contribution is -2.41. The van der Waals surface area contributed by atoms with Crippen molar-refractivity contribution < 1.29 is 9.53 Å². The summed E-state index contributed by atoms with van der Waals surface area (Å²) in [4.78, 5) is 18.6. The van der Waals surface area contributed by atoms with Gasteiger partial charge in [0.1, 0.15) is 6.61 Å². The van der Waals surface area contributed by atoms with E-state index in [1.807, 2.05) is 60.7 Å². The monoisotopic (exact) mass is 369 g/mol. The number of pyridine rings is 1. The zero-order valence-electron chi connectivity index (χ0n) is 15.3. The first-order valence-corrected chi connectivity index (χ1v) is 9.32. The smallest absolute Gasteiger partial charge is 0.253 e. The zero-order chi connectivity index (χ0) is 18.9. The molecule has 4 aromatic rings. The Morgan fingerprint density at radius 2 is 1.50 bits per heavy atom. The average molecular weight is 369 g/mol. The van der Waals surface area contributed by atoms with Gasteiger partial charge in [-0.25, -0.2) is 4.98 Å². The molecule has 5 heteroatoms. The Bertz CT molecular complexity index is 1120. The lowest BCUT2D eigenvalue weighted by Gasteiger charge is -2.27. The van der Waals surface area contributed by atoms with Crippen molar-refractivity contribution in [3.63, 3.8) is 0 Å². The minimum Gasteiger partial charge on any atom is -0.370 e. The van der Waals surface area contributed by atoms with Gasteiger partial charge in [-0.2, -0.15) is 0 Å². The number of hydrogen-bond acceptors (Lipinski definition) is 4. The van der Waals surface area contributed by atoms with E-state index in [-0.39, 0.29) is 12.5 Å². The van der Waals surface area contributed by atoms with Crippen LogP contribution in [0.15, 0.2) is 72.8 Å². The van der Waals surface area contributed by atoms with E-state index in [4.69, 9.17) is 9.72 Å². The van der Waals surface area contributed by atoms with Crippen molar-refractivity contribution in [2.45, 2.75) is 0 Å². The summed E-state index contributed by atoms with van der Waals surface area (Å²) in [6.07, 6.45) is 0. The van der Waals surface area contributed by atoms with Crippen molar-refractivity contribution in [3.05, 3.63) is 72.8 Å². The molecule has 0 radical (unpaired) electrons. The summed E-state index contributed by atoms with van der Waals surface area (Å²) in [6, 6.07) is 24.2. The molecule has 3 aromatic carbocycles. The number of nitrogens with zero attached hydrogens (tertiary/aromatic N) is 2. The molecule has 1 amide bonds. The van der Waals surface area contributed by atoms with Gasteiger partial charge in [-0.05, 0) is 36.4 Å². The van der Waals surface area contributed by atoms with E-state index in [1.165, 1.54) is 0 Å². The number of amides is 1. The Balaban J connectivity index is 1.53. The molecule has 1 aliphatic rings. The molecule has 0 saturated carbocycles. The number of ether oxygens (including phenoxy) is 1. The van der Waals surface area contributed by atoms with E-state index in [2.05, 4.69) is 17.4 Å². The number of carbonyl (C=O) groups excluding carboxylic acids is 1. The fourth-order valence-electron chi connectivity index (χ4n) is 3.63. The van der Waals surface area contributed by atoms with E-state index < -0.39 is 0 Å². The summed E-state index contributed by atoms with van der Waals surface area (Å²) >= 11 is 0. The highest BCUT2D eigenvalue weighted by molar-refractivity contribution is 6.08. The van der Waals surface area contributed by atoms with Crippen molar-refractivity contribution in [2.75, 3.05) is 30.0 Å². The van der Waals surface area contributed by atoms with Crippen molar-refractivity contribution >= 4 is 44.8 Å². The highest BCUT2D eigenvalue weighted by Crippen LogP contribution is 2.33. The first-order chi connectivity index (χ1) is 13.8. The van der Waals surface area contributed by atoms with E-state index in [0.717, 1.165) is 38.9 Å². The zero-order valence-corrected chi connectivity index (χ0v) is 15.3. The maximum Gasteiger partial charge on any atom is 0.253 e. The van der Waals surface area contributed by atoms with E-state index in [1.54, 1.807) is 4.90 Å². The van der Waals surface area contributed by atoms with Gasteiger partial charge in [-0.1, -0.05) is 36.4 Å². The number of benzene rings is 3. The van der Waals surface area contributed by atoms with Crippen molar-refractivity contribution in [1.29, 1.82) is 0 Å². The molecular formula is C23H19N3O2. The second-order valence-electron chi connectivity index (χ2n) is 6.79. The summed E-state index contributed by atoms with van der Waals surface area (Å²) in [5.74, 6) is -0.00178. The molecule has 0 atom stereocenters. The van der Waals surface area contributed by atoms with Crippen LogP contribution in [0.1, 0.15) is 0 Å². The van der Waals surface area contributed by atoms with E-state index >= 15 is 0 Å². The topological polar surface area (TPSA) is 54.5 Å². The molecule has 1 aliphatic heterocycles. The third-order valence-corrected chi connectivity index (χ3v) is 5.02. The molecule has 0 spiro atoms. The lowest BCUT2D eigenvalue weighted by molar-refractivity contribution is -0.125. The number of morpholine rings is 1. The first kappa shape index (κ1) is 16.7. The minimum absolute atomic E-state index is 0.00178. The Hall–Kier alpha value is -3.44. The lowest BCUT2D eigenvalue weighted by atomic mass is 10.1. The quantitative estimate of drug-likeness (QED) is 0.541. The maximum atomic E-state index is 12.0. The van der Waals surface area contributed by atoms with E-state index in [0.29, 0.717) is 13.2 Å². The van der Waals surface area contributed by atoms with Gasteiger partial charge >= 0.3 is 0 Å². The second kappa shape index (κ2) is 6.94. The molecule has 0 aliphatic carbocycles. The number of carbonyl (C=O) groups is 1. The van der Waals surface area contributed by atoms with Gasteiger partial charge in [0.05, 0.1) is 23.3 Å². The number of fused-ring (bicyclic) bond motifs is 2.